The Morgan fingerprint density at radius 1 is 1.26 bits per heavy atom. The molecule has 0 bridgehead atoms. The molecule has 1 fully saturated rings. The van der Waals surface area contributed by atoms with Gasteiger partial charge in [-0.25, -0.2) is 0 Å². The second kappa shape index (κ2) is 6.54. The summed E-state index contributed by atoms with van der Waals surface area (Å²) < 4.78 is 5.15. The lowest BCUT2D eigenvalue weighted by molar-refractivity contribution is -0.138. The number of rotatable bonds is 3. The number of halogens is 1. The van der Waals surface area contributed by atoms with E-state index in [1.54, 1.807) is 29.2 Å². The van der Waals surface area contributed by atoms with E-state index in [0.29, 0.717) is 37.0 Å². The van der Waals surface area contributed by atoms with Gasteiger partial charge in [-0.1, -0.05) is 23.7 Å². The van der Waals surface area contributed by atoms with Crippen LogP contribution in [0.5, 0.6) is 0 Å². The van der Waals surface area contributed by atoms with Gasteiger partial charge in [0.15, 0.2) is 0 Å². The normalized spacial score (nSPS) is 15.1. The molecule has 1 aliphatic heterocycles. The van der Waals surface area contributed by atoms with Crippen molar-refractivity contribution in [1.29, 1.82) is 0 Å². The molecule has 1 heterocycles. The maximum atomic E-state index is 11.9. The molecule has 2 rings (SSSR count). The van der Waals surface area contributed by atoms with Crippen molar-refractivity contribution in [2.45, 2.75) is 6.42 Å². The maximum absolute atomic E-state index is 11.9. The van der Waals surface area contributed by atoms with Crippen molar-refractivity contribution >= 4 is 29.1 Å². The number of para-hydroxylation sites is 1. The van der Waals surface area contributed by atoms with Crippen LogP contribution in [-0.2, 0) is 14.3 Å². The minimum absolute atomic E-state index is 0.175. The van der Waals surface area contributed by atoms with E-state index >= 15 is 0 Å². The van der Waals surface area contributed by atoms with Gasteiger partial charge in [0.25, 0.3) is 0 Å². The fourth-order valence-electron chi connectivity index (χ4n) is 1.82. The quantitative estimate of drug-likeness (QED) is 0.856. The van der Waals surface area contributed by atoms with E-state index in [9.17, 15) is 9.59 Å². The second-order valence-corrected chi connectivity index (χ2v) is 4.61. The van der Waals surface area contributed by atoms with Crippen LogP contribution < -0.4 is 5.32 Å². The lowest BCUT2D eigenvalue weighted by Crippen LogP contribution is -2.41. The standard InChI is InChI=1S/C13H15ClN2O3/c14-10-3-1-2-4-11(10)15-12(17)9-13(18)16-5-7-19-8-6-16/h1-4H,5-9H2,(H,15,17). The minimum atomic E-state index is -0.357. The monoisotopic (exact) mass is 282 g/mol. The summed E-state index contributed by atoms with van der Waals surface area (Å²) in [4.78, 5) is 25.3. The van der Waals surface area contributed by atoms with Crippen LogP contribution in [0.2, 0.25) is 5.02 Å². The zero-order valence-corrected chi connectivity index (χ0v) is 11.2. The topological polar surface area (TPSA) is 58.6 Å². The Balaban J connectivity index is 1.87. The smallest absolute Gasteiger partial charge is 0.233 e. The molecule has 1 aromatic rings. The number of carbonyl (C=O) groups excluding carboxylic acids is 2. The fraction of sp³-hybridized carbons (Fsp3) is 0.385. The predicted molar refractivity (Wildman–Crippen MR) is 72.1 cm³/mol. The van der Waals surface area contributed by atoms with Crippen LogP contribution in [-0.4, -0.2) is 43.0 Å². The summed E-state index contributed by atoms with van der Waals surface area (Å²) in [5, 5.41) is 3.08. The van der Waals surface area contributed by atoms with E-state index in [4.69, 9.17) is 16.3 Å². The van der Waals surface area contributed by atoms with Crippen molar-refractivity contribution < 1.29 is 14.3 Å². The molecule has 102 valence electrons. The average molecular weight is 283 g/mol. The van der Waals surface area contributed by atoms with Gasteiger partial charge in [-0.05, 0) is 12.1 Å². The first-order chi connectivity index (χ1) is 9.16. The summed E-state index contributed by atoms with van der Waals surface area (Å²) in [6.45, 7) is 2.13. The Morgan fingerprint density at radius 3 is 2.63 bits per heavy atom. The van der Waals surface area contributed by atoms with Crippen LogP contribution in [0.25, 0.3) is 0 Å². The van der Waals surface area contributed by atoms with Crippen LogP contribution in [0.4, 0.5) is 5.69 Å². The Kier molecular flexibility index (Phi) is 4.76. The van der Waals surface area contributed by atoms with E-state index in [0.717, 1.165) is 0 Å². The molecule has 0 aliphatic carbocycles. The summed E-state index contributed by atoms with van der Waals surface area (Å²) in [5.41, 5.74) is 0.518. The fourth-order valence-corrected chi connectivity index (χ4v) is 2.00. The van der Waals surface area contributed by atoms with Gasteiger partial charge in [0.2, 0.25) is 11.8 Å². The summed E-state index contributed by atoms with van der Waals surface area (Å²) in [6, 6.07) is 6.92. The zero-order valence-electron chi connectivity index (χ0n) is 10.4. The van der Waals surface area contributed by atoms with Gasteiger partial charge in [0.1, 0.15) is 6.42 Å². The Morgan fingerprint density at radius 2 is 1.95 bits per heavy atom. The van der Waals surface area contributed by atoms with Gasteiger partial charge >= 0.3 is 0 Å². The van der Waals surface area contributed by atoms with Gasteiger partial charge in [-0.3, -0.25) is 9.59 Å². The first-order valence-corrected chi connectivity index (χ1v) is 6.44. The zero-order chi connectivity index (χ0) is 13.7. The van der Waals surface area contributed by atoms with Crippen molar-refractivity contribution in [3.63, 3.8) is 0 Å². The molecular formula is C13H15ClN2O3. The van der Waals surface area contributed by atoms with Crippen molar-refractivity contribution in [2.24, 2.45) is 0 Å². The third-order valence-corrected chi connectivity index (χ3v) is 3.15. The average Bonchev–Trinajstić information content (AvgIpc) is 2.42. The van der Waals surface area contributed by atoms with Crippen molar-refractivity contribution in [3.05, 3.63) is 29.3 Å². The first-order valence-electron chi connectivity index (χ1n) is 6.07. The summed E-state index contributed by atoms with van der Waals surface area (Å²) in [6.07, 6.45) is -0.175. The number of amides is 2. The molecule has 0 saturated carbocycles. The summed E-state index contributed by atoms with van der Waals surface area (Å²) in [7, 11) is 0. The lowest BCUT2D eigenvalue weighted by atomic mass is 10.3. The molecule has 1 saturated heterocycles. The van der Waals surface area contributed by atoms with E-state index in [2.05, 4.69) is 5.32 Å². The van der Waals surface area contributed by atoms with Gasteiger partial charge < -0.3 is 15.0 Å². The van der Waals surface area contributed by atoms with E-state index in [1.807, 2.05) is 0 Å². The molecular weight excluding hydrogens is 268 g/mol. The Bertz CT molecular complexity index is 473. The van der Waals surface area contributed by atoms with E-state index in [1.165, 1.54) is 0 Å². The molecule has 0 atom stereocenters. The van der Waals surface area contributed by atoms with E-state index < -0.39 is 0 Å². The van der Waals surface area contributed by atoms with Crippen LogP contribution in [0.1, 0.15) is 6.42 Å². The third-order valence-electron chi connectivity index (χ3n) is 2.82. The molecule has 2 amide bonds. The summed E-state index contributed by atoms with van der Waals surface area (Å²) in [5.74, 6) is -0.544. The van der Waals surface area contributed by atoms with Gasteiger partial charge in [0.05, 0.1) is 23.9 Å². The number of ether oxygens (including phenoxy) is 1. The molecule has 0 aromatic heterocycles. The van der Waals surface area contributed by atoms with Crippen LogP contribution in [0.3, 0.4) is 0 Å². The highest BCUT2D eigenvalue weighted by Gasteiger charge is 2.19. The van der Waals surface area contributed by atoms with Crippen LogP contribution in [0, 0.1) is 0 Å². The predicted octanol–water partition coefficient (Wildman–Crippen LogP) is 1.53. The number of benzene rings is 1. The van der Waals surface area contributed by atoms with Gasteiger partial charge in [0, 0.05) is 13.1 Å². The van der Waals surface area contributed by atoms with Crippen molar-refractivity contribution in [2.75, 3.05) is 31.6 Å². The highest BCUT2D eigenvalue weighted by molar-refractivity contribution is 6.33. The van der Waals surface area contributed by atoms with Crippen molar-refractivity contribution in [1.82, 2.24) is 4.90 Å². The molecule has 19 heavy (non-hydrogen) atoms. The number of hydrogen-bond donors (Lipinski definition) is 1. The molecule has 6 heteroatoms. The third kappa shape index (κ3) is 3.94. The highest BCUT2D eigenvalue weighted by atomic mass is 35.5. The molecule has 1 aliphatic rings. The Labute approximate surface area is 116 Å². The van der Waals surface area contributed by atoms with Crippen LogP contribution in [0.15, 0.2) is 24.3 Å². The molecule has 0 spiro atoms. The molecule has 5 nitrogen and oxygen atoms in total. The van der Waals surface area contributed by atoms with Crippen LogP contribution >= 0.6 is 11.6 Å². The van der Waals surface area contributed by atoms with Gasteiger partial charge in [-0.15, -0.1) is 0 Å². The molecule has 0 unspecified atom stereocenters. The van der Waals surface area contributed by atoms with Gasteiger partial charge in [-0.2, -0.15) is 0 Å². The second-order valence-electron chi connectivity index (χ2n) is 4.20. The first kappa shape index (κ1) is 13.8. The number of hydrogen-bond acceptors (Lipinski definition) is 3. The number of morpholine rings is 1. The van der Waals surface area contributed by atoms with E-state index in [-0.39, 0.29) is 18.2 Å². The highest BCUT2D eigenvalue weighted by Crippen LogP contribution is 2.20. The Hall–Kier alpha value is -1.59. The molecule has 1 N–H and O–H groups in total. The number of carbonyl (C=O) groups is 2. The molecule has 1 aromatic carbocycles. The molecule has 0 radical (unpaired) electrons. The number of nitrogens with one attached hydrogen (secondary N) is 1. The lowest BCUT2D eigenvalue weighted by Gasteiger charge is -2.26. The largest absolute Gasteiger partial charge is 0.378 e. The number of anilines is 1. The minimum Gasteiger partial charge on any atom is -0.378 e. The number of nitrogens with zero attached hydrogens (tertiary/aromatic N) is 1. The van der Waals surface area contributed by atoms with Crippen molar-refractivity contribution in [3.8, 4) is 0 Å². The SMILES string of the molecule is O=C(CC(=O)N1CCOCC1)Nc1ccccc1Cl. The summed E-state index contributed by atoms with van der Waals surface area (Å²) >= 11 is 5.93. The maximum Gasteiger partial charge on any atom is 0.233 e.